The first-order valence-electron chi connectivity index (χ1n) is 24.3. The lowest BCUT2D eigenvalue weighted by atomic mass is 9.51. The maximum absolute atomic E-state index is 2.45. The molecule has 0 unspecified atom stereocenters. The van der Waals surface area contributed by atoms with Gasteiger partial charge in [0.2, 0.25) is 0 Å². The van der Waals surface area contributed by atoms with Crippen molar-refractivity contribution >= 4 is 34.1 Å². The molecule has 330 valence electrons. The van der Waals surface area contributed by atoms with E-state index >= 15 is 0 Å². The first kappa shape index (κ1) is 41.2. The molecule has 0 amide bonds. The Bertz CT molecular complexity index is 3500. The highest BCUT2D eigenvalue weighted by molar-refractivity contribution is 5.93. The van der Waals surface area contributed by atoms with E-state index in [0.717, 1.165) is 34.1 Å². The third-order valence-corrected chi connectivity index (χ3v) is 14.8. The monoisotopic (exact) mass is 892 g/mol. The minimum Gasteiger partial charge on any atom is -0.311 e. The molecule has 0 radical (unpaired) electrons. The van der Waals surface area contributed by atoms with E-state index in [1.807, 2.05) is 0 Å². The second-order valence-corrected chi connectivity index (χ2v) is 18.4. The molecule has 0 atom stereocenters. The van der Waals surface area contributed by atoms with Crippen molar-refractivity contribution in [1.82, 2.24) is 0 Å². The fraction of sp³-hybridized carbons (Fsp3) is 0.0294. The number of hydrogen-bond donors (Lipinski definition) is 0. The van der Waals surface area contributed by atoms with Crippen LogP contribution in [0, 0.1) is 0 Å². The third kappa shape index (κ3) is 6.34. The number of rotatable bonds is 9. The second kappa shape index (κ2) is 17.0. The highest BCUT2D eigenvalue weighted by Crippen LogP contribution is 2.65. The fourth-order valence-electron chi connectivity index (χ4n) is 12.0. The van der Waals surface area contributed by atoms with Gasteiger partial charge in [0, 0.05) is 34.1 Å². The molecule has 0 aromatic heterocycles. The molecule has 0 bridgehead atoms. The van der Waals surface area contributed by atoms with Crippen molar-refractivity contribution < 1.29 is 0 Å². The Hall–Kier alpha value is -8.98. The van der Waals surface area contributed by atoms with Crippen LogP contribution in [0.15, 0.2) is 291 Å². The molecule has 2 aliphatic carbocycles. The largest absolute Gasteiger partial charge is 0.311 e. The van der Waals surface area contributed by atoms with Crippen LogP contribution in [0.3, 0.4) is 0 Å². The molecular weight excluding hydrogens is 845 g/mol. The smallest absolute Gasteiger partial charge is 0.0720 e. The summed E-state index contributed by atoms with van der Waals surface area (Å²) in [4.78, 5) is 4.74. The van der Waals surface area contributed by atoms with Crippen molar-refractivity contribution in [1.29, 1.82) is 0 Å². The molecule has 0 N–H and O–H groups in total. The van der Waals surface area contributed by atoms with Crippen molar-refractivity contribution in [2.45, 2.75) is 10.8 Å². The standard InChI is InChI=1S/C68H48N2/c1-6-22-49(23-7-1)50-38-40-55(41-39-50)70(57-44-42-56(43-45-57)69(53-28-12-4-13-29-53)54-30-14-5-15-31-54)58-46-47-62-60(48-58)59-32-16-17-33-61(59)68(62)65-36-20-18-34-63(65)67(51-24-8-2-9-25-51,52-26-10-3-11-27-52)64-35-19-21-37-66(64)68/h1-48H. The lowest BCUT2D eigenvalue weighted by molar-refractivity contribution is 0.623. The number of fused-ring (bicyclic) bond motifs is 9. The van der Waals surface area contributed by atoms with E-state index in [1.54, 1.807) is 0 Å². The topological polar surface area (TPSA) is 6.48 Å². The van der Waals surface area contributed by atoms with E-state index in [0.29, 0.717) is 0 Å². The van der Waals surface area contributed by atoms with Gasteiger partial charge in [-0.05, 0) is 140 Å². The lowest BCUT2D eigenvalue weighted by Crippen LogP contribution is -2.44. The summed E-state index contributed by atoms with van der Waals surface area (Å²) >= 11 is 0. The summed E-state index contributed by atoms with van der Waals surface area (Å²) in [5.74, 6) is 0. The number of anilines is 6. The van der Waals surface area contributed by atoms with Crippen LogP contribution in [0.5, 0.6) is 0 Å². The Morgan fingerprint density at radius 1 is 0.200 bits per heavy atom. The molecule has 0 saturated heterocycles. The molecule has 1 spiro atoms. The number of hydrogen-bond acceptors (Lipinski definition) is 2. The summed E-state index contributed by atoms with van der Waals surface area (Å²) in [6, 6.07) is 107. The Morgan fingerprint density at radius 3 is 1.00 bits per heavy atom. The summed E-state index contributed by atoms with van der Waals surface area (Å²) in [6.07, 6.45) is 0. The second-order valence-electron chi connectivity index (χ2n) is 18.4. The predicted molar refractivity (Wildman–Crippen MR) is 290 cm³/mol. The van der Waals surface area contributed by atoms with Gasteiger partial charge in [-0.25, -0.2) is 0 Å². The van der Waals surface area contributed by atoms with Gasteiger partial charge in [-0.3, -0.25) is 0 Å². The summed E-state index contributed by atoms with van der Waals surface area (Å²) in [6.45, 7) is 0. The highest BCUT2D eigenvalue weighted by atomic mass is 15.2. The molecule has 11 aromatic rings. The van der Waals surface area contributed by atoms with E-state index in [2.05, 4.69) is 301 Å². The number of nitrogens with zero attached hydrogens (tertiary/aromatic N) is 2. The van der Waals surface area contributed by atoms with Gasteiger partial charge < -0.3 is 9.80 Å². The van der Waals surface area contributed by atoms with Gasteiger partial charge in [0.25, 0.3) is 0 Å². The van der Waals surface area contributed by atoms with Crippen molar-refractivity contribution in [2.24, 2.45) is 0 Å². The summed E-state index contributed by atoms with van der Waals surface area (Å²) in [5, 5.41) is 0. The normalized spacial score (nSPS) is 13.4. The van der Waals surface area contributed by atoms with Crippen LogP contribution in [0.2, 0.25) is 0 Å². The number of para-hydroxylation sites is 2. The molecular formula is C68H48N2. The van der Waals surface area contributed by atoms with Gasteiger partial charge in [0.15, 0.2) is 0 Å². The molecule has 0 aliphatic heterocycles. The van der Waals surface area contributed by atoms with E-state index < -0.39 is 10.8 Å². The van der Waals surface area contributed by atoms with Crippen LogP contribution < -0.4 is 9.80 Å². The fourth-order valence-corrected chi connectivity index (χ4v) is 12.0. The molecule has 2 aliphatic rings. The Labute approximate surface area is 410 Å². The van der Waals surface area contributed by atoms with E-state index in [1.165, 1.54) is 66.8 Å². The molecule has 2 nitrogen and oxygen atoms in total. The zero-order chi connectivity index (χ0) is 46.5. The molecule has 2 heteroatoms. The number of benzene rings is 11. The van der Waals surface area contributed by atoms with Crippen molar-refractivity contribution in [3.8, 4) is 22.3 Å². The van der Waals surface area contributed by atoms with E-state index in [4.69, 9.17) is 0 Å². The Morgan fingerprint density at radius 2 is 0.514 bits per heavy atom. The van der Waals surface area contributed by atoms with Crippen molar-refractivity contribution in [2.75, 3.05) is 9.80 Å². The van der Waals surface area contributed by atoms with Gasteiger partial charge in [-0.2, -0.15) is 0 Å². The van der Waals surface area contributed by atoms with Gasteiger partial charge in [-0.15, -0.1) is 0 Å². The Balaban J connectivity index is 1.02. The molecule has 70 heavy (non-hydrogen) atoms. The third-order valence-electron chi connectivity index (χ3n) is 14.8. The van der Waals surface area contributed by atoms with Gasteiger partial charge in [0.05, 0.1) is 10.8 Å². The molecule has 11 aromatic carbocycles. The summed E-state index contributed by atoms with van der Waals surface area (Å²) in [7, 11) is 0. The van der Waals surface area contributed by atoms with Crippen LogP contribution >= 0.6 is 0 Å². The minimum atomic E-state index is -0.577. The van der Waals surface area contributed by atoms with Crippen LogP contribution in [0.25, 0.3) is 22.3 Å². The molecule has 13 rings (SSSR count). The maximum Gasteiger partial charge on any atom is 0.0720 e. The van der Waals surface area contributed by atoms with Crippen molar-refractivity contribution in [3.63, 3.8) is 0 Å². The SMILES string of the molecule is c1ccc(-c2ccc(N(c3ccc(N(c4ccccc4)c4ccccc4)cc3)c3ccc4c(c3)-c3ccccc3C43c4ccccc4C(c4ccccc4)(c4ccccc4)c4ccccc43)cc2)cc1. The van der Waals surface area contributed by atoms with Crippen molar-refractivity contribution in [3.05, 3.63) is 336 Å². The van der Waals surface area contributed by atoms with Gasteiger partial charge in [0.1, 0.15) is 0 Å². The Kier molecular flexibility index (Phi) is 9.99. The highest BCUT2D eigenvalue weighted by Gasteiger charge is 2.56. The van der Waals surface area contributed by atoms with Crippen LogP contribution in [-0.2, 0) is 10.8 Å². The average molecular weight is 893 g/mol. The first-order chi connectivity index (χ1) is 34.7. The lowest BCUT2D eigenvalue weighted by Gasteiger charge is -2.50. The van der Waals surface area contributed by atoms with Gasteiger partial charge >= 0.3 is 0 Å². The molecule has 0 saturated carbocycles. The van der Waals surface area contributed by atoms with E-state index in [-0.39, 0.29) is 0 Å². The van der Waals surface area contributed by atoms with Crippen LogP contribution in [0.4, 0.5) is 34.1 Å². The van der Waals surface area contributed by atoms with Gasteiger partial charge in [-0.1, -0.05) is 218 Å². The molecule has 0 heterocycles. The molecule has 0 fully saturated rings. The first-order valence-corrected chi connectivity index (χ1v) is 24.3. The summed E-state index contributed by atoms with van der Waals surface area (Å²) in [5.41, 5.74) is 20.6. The zero-order valence-corrected chi connectivity index (χ0v) is 38.6. The minimum absolute atomic E-state index is 0.552. The predicted octanol–water partition coefficient (Wildman–Crippen LogP) is 17.4. The maximum atomic E-state index is 2.45. The van der Waals surface area contributed by atoms with E-state index in [9.17, 15) is 0 Å². The summed E-state index contributed by atoms with van der Waals surface area (Å²) < 4.78 is 0. The van der Waals surface area contributed by atoms with Crippen LogP contribution in [0.1, 0.15) is 44.5 Å². The van der Waals surface area contributed by atoms with Crippen LogP contribution in [-0.4, -0.2) is 0 Å². The zero-order valence-electron chi connectivity index (χ0n) is 38.6. The average Bonchev–Trinajstić information content (AvgIpc) is 3.73. The quantitative estimate of drug-likeness (QED) is 0.142.